The molecule has 1 saturated carbocycles. The van der Waals surface area contributed by atoms with Gasteiger partial charge in [-0.25, -0.2) is 9.78 Å². The van der Waals surface area contributed by atoms with E-state index in [0.29, 0.717) is 19.1 Å². The fourth-order valence-corrected chi connectivity index (χ4v) is 3.59. The van der Waals surface area contributed by atoms with Crippen molar-refractivity contribution in [2.24, 2.45) is 0 Å². The predicted octanol–water partition coefficient (Wildman–Crippen LogP) is 3.06. The highest BCUT2D eigenvalue weighted by molar-refractivity contribution is 7.09. The molecule has 0 spiro atoms. The summed E-state index contributed by atoms with van der Waals surface area (Å²) in [5.41, 5.74) is 0.903. The number of thiazole rings is 1. The molecule has 2 amide bonds. The van der Waals surface area contributed by atoms with Gasteiger partial charge in [-0.2, -0.15) is 5.10 Å². The second-order valence-corrected chi connectivity index (χ2v) is 6.99. The molecule has 0 aliphatic heterocycles. The van der Waals surface area contributed by atoms with Crippen LogP contribution in [0.15, 0.2) is 23.8 Å². The SMILES string of the molecule is C[C@H](CNC(=O)NCc1ccn(C2CCCC2)n1)c1nccs1. The fourth-order valence-electron chi connectivity index (χ4n) is 2.89. The van der Waals surface area contributed by atoms with Crippen LogP contribution in [0.3, 0.4) is 0 Å². The summed E-state index contributed by atoms with van der Waals surface area (Å²) in [4.78, 5) is 16.1. The van der Waals surface area contributed by atoms with E-state index < -0.39 is 0 Å². The molecule has 2 N–H and O–H groups in total. The lowest BCUT2D eigenvalue weighted by Gasteiger charge is -2.11. The van der Waals surface area contributed by atoms with Gasteiger partial charge in [-0.1, -0.05) is 19.8 Å². The molecule has 0 bridgehead atoms. The summed E-state index contributed by atoms with van der Waals surface area (Å²) in [5.74, 6) is 0.224. The zero-order valence-corrected chi connectivity index (χ0v) is 14.2. The van der Waals surface area contributed by atoms with Crippen LogP contribution in [0.5, 0.6) is 0 Å². The molecular weight excluding hydrogens is 310 g/mol. The molecule has 7 heteroatoms. The van der Waals surface area contributed by atoms with Crippen molar-refractivity contribution in [1.29, 1.82) is 0 Å². The topological polar surface area (TPSA) is 71.8 Å². The van der Waals surface area contributed by atoms with Crippen molar-refractivity contribution in [3.63, 3.8) is 0 Å². The Hall–Kier alpha value is -1.89. The second kappa shape index (κ2) is 7.59. The number of hydrogen-bond donors (Lipinski definition) is 2. The first-order valence-corrected chi connectivity index (χ1v) is 9.05. The van der Waals surface area contributed by atoms with Crippen LogP contribution in [0.1, 0.15) is 55.3 Å². The summed E-state index contributed by atoms with van der Waals surface area (Å²) in [6.45, 7) is 3.09. The lowest BCUT2D eigenvalue weighted by molar-refractivity contribution is 0.240. The number of nitrogens with zero attached hydrogens (tertiary/aromatic N) is 3. The summed E-state index contributed by atoms with van der Waals surface area (Å²) in [5, 5.41) is 13.3. The molecule has 6 nitrogen and oxygen atoms in total. The molecule has 3 rings (SSSR count). The van der Waals surface area contributed by atoms with Crippen LogP contribution >= 0.6 is 11.3 Å². The quantitative estimate of drug-likeness (QED) is 0.853. The Kier molecular flexibility index (Phi) is 5.27. The molecule has 2 aromatic rings. The van der Waals surface area contributed by atoms with Gasteiger partial charge in [-0.15, -0.1) is 11.3 Å². The Morgan fingerprint density at radius 1 is 1.43 bits per heavy atom. The van der Waals surface area contributed by atoms with E-state index in [9.17, 15) is 4.79 Å². The van der Waals surface area contributed by atoms with Crippen molar-refractivity contribution >= 4 is 17.4 Å². The largest absolute Gasteiger partial charge is 0.337 e. The normalized spacial score (nSPS) is 16.4. The maximum Gasteiger partial charge on any atom is 0.315 e. The molecule has 23 heavy (non-hydrogen) atoms. The zero-order chi connectivity index (χ0) is 16.1. The van der Waals surface area contributed by atoms with Crippen molar-refractivity contribution in [3.05, 3.63) is 34.5 Å². The van der Waals surface area contributed by atoms with E-state index in [4.69, 9.17) is 0 Å². The second-order valence-electron chi connectivity index (χ2n) is 6.06. The molecule has 1 aliphatic carbocycles. The van der Waals surface area contributed by atoms with Crippen LogP contribution in [0.25, 0.3) is 0 Å². The monoisotopic (exact) mass is 333 g/mol. The standard InChI is InChI=1S/C16H23N5OS/c1-12(15-17-7-9-23-15)10-18-16(22)19-11-13-6-8-21(20-13)14-4-2-3-5-14/h6-9,12,14H,2-5,10-11H2,1H3,(H2,18,19,22)/t12-/m1/s1. The van der Waals surface area contributed by atoms with Crippen LogP contribution in [-0.4, -0.2) is 27.3 Å². The number of carbonyl (C=O) groups excluding carboxylic acids is 1. The summed E-state index contributed by atoms with van der Waals surface area (Å²) < 4.78 is 2.05. The summed E-state index contributed by atoms with van der Waals surface area (Å²) in [6.07, 6.45) is 8.82. The smallest absolute Gasteiger partial charge is 0.315 e. The van der Waals surface area contributed by atoms with Crippen molar-refractivity contribution in [2.75, 3.05) is 6.54 Å². The van der Waals surface area contributed by atoms with Crippen molar-refractivity contribution in [1.82, 2.24) is 25.4 Å². The highest BCUT2D eigenvalue weighted by Crippen LogP contribution is 2.28. The van der Waals surface area contributed by atoms with Gasteiger partial charge in [-0.05, 0) is 18.9 Å². The Morgan fingerprint density at radius 2 is 2.26 bits per heavy atom. The van der Waals surface area contributed by atoms with Gasteiger partial charge in [0.15, 0.2) is 0 Å². The highest BCUT2D eigenvalue weighted by atomic mass is 32.1. The molecule has 2 heterocycles. The van der Waals surface area contributed by atoms with Crippen LogP contribution in [-0.2, 0) is 6.54 Å². The number of carbonyl (C=O) groups is 1. The molecule has 1 aliphatic rings. The Morgan fingerprint density at radius 3 is 3.00 bits per heavy atom. The number of rotatable bonds is 6. The average Bonchev–Trinajstić information content (AvgIpc) is 3.32. The lowest BCUT2D eigenvalue weighted by atomic mass is 10.2. The van der Waals surface area contributed by atoms with E-state index in [1.54, 1.807) is 17.5 Å². The van der Waals surface area contributed by atoms with Gasteiger partial charge >= 0.3 is 6.03 Å². The molecule has 0 saturated heterocycles. The van der Waals surface area contributed by atoms with Gasteiger partial charge in [0.05, 0.1) is 23.3 Å². The summed E-state index contributed by atoms with van der Waals surface area (Å²) in [7, 11) is 0. The van der Waals surface area contributed by atoms with E-state index in [1.165, 1.54) is 25.7 Å². The summed E-state index contributed by atoms with van der Waals surface area (Å²) in [6, 6.07) is 2.36. The molecule has 0 unspecified atom stereocenters. The zero-order valence-electron chi connectivity index (χ0n) is 13.4. The molecular formula is C16H23N5OS. The predicted molar refractivity (Wildman–Crippen MR) is 90.5 cm³/mol. The fraction of sp³-hybridized carbons (Fsp3) is 0.562. The molecule has 2 aromatic heterocycles. The minimum atomic E-state index is -0.163. The first kappa shape index (κ1) is 16.0. The minimum absolute atomic E-state index is 0.163. The van der Waals surface area contributed by atoms with Gasteiger partial charge in [0, 0.05) is 30.2 Å². The van der Waals surface area contributed by atoms with Crippen molar-refractivity contribution < 1.29 is 4.79 Å². The van der Waals surface area contributed by atoms with E-state index in [2.05, 4.69) is 27.6 Å². The molecule has 1 atom stereocenters. The van der Waals surface area contributed by atoms with E-state index >= 15 is 0 Å². The maximum atomic E-state index is 11.9. The van der Waals surface area contributed by atoms with Gasteiger partial charge < -0.3 is 10.6 Å². The number of amides is 2. The Bertz CT molecular complexity index is 618. The van der Waals surface area contributed by atoms with E-state index in [1.807, 2.05) is 22.3 Å². The molecule has 0 radical (unpaired) electrons. The van der Waals surface area contributed by atoms with Crippen LogP contribution < -0.4 is 10.6 Å². The van der Waals surface area contributed by atoms with Crippen LogP contribution in [0.4, 0.5) is 4.79 Å². The molecule has 1 fully saturated rings. The molecule has 0 aromatic carbocycles. The third-order valence-corrected chi connectivity index (χ3v) is 5.24. The molecule has 124 valence electrons. The van der Waals surface area contributed by atoms with Gasteiger partial charge in [0.2, 0.25) is 0 Å². The van der Waals surface area contributed by atoms with Crippen LogP contribution in [0, 0.1) is 0 Å². The summed E-state index contributed by atoms with van der Waals surface area (Å²) >= 11 is 1.61. The number of urea groups is 1. The van der Waals surface area contributed by atoms with Crippen LogP contribution in [0.2, 0.25) is 0 Å². The average molecular weight is 333 g/mol. The number of aromatic nitrogens is 3. The highest BCUT2D eigenvalue weighted by Gasteiger charge is 2.17. The van der Waals surface area contributed by atoms with Gasteiger partial charge in [0.1, 0.15) is 0 Å². The first-order valence-electron chi connectivity index (χ1n) is 8.17. The van der Waals surface area contributed by atoms with Gasteiger partial charge in [0.25, 0.3) is 0 Å². The van der Waals surface area contributed by atoms with E-state index in [0.717, 1.165) is 10.7 Å². The number of hydrogen-bond acceptors (Lipinski definition) is 4. The third kappa shape index (κ3) is 4.31. The van der Waals surface area contributed by atoms with Crippen molar-refractivity contribution in [3.8, 4) is 0 Å². The Balaban J connectivity index is 1.40. The van der Waals surface area contributed by atoms with Crippen molar-refractivity contribution in [2.45, 2.75) is 51.1 Å². The third-order valence-electron chi connectivity index (χ3n) is 4.23. The van der Waals surface area contributed by atoms with E-state index in [-0.39, 0.29) is 11.9 Å². The Labute approximate surface area is 140 Å². The first-order chi connectivity index (χ1) is 11.2. The van der Waals surface area contributed by atoms with Gasteiger partial charge in [-0.3, -0.25) is 4.68 Å². The maximum absolute atomic E-state index is 11.9. The lowest BCUT2D eigenvalue weighted by Crippen LogP contribution is -2.37. The minimum Gasteiger partial charge on any atom is -0.337 e. The number of nitrogens with one attached hydrogen (secondary N) is 2.